The fraction of sp³-hybridized carbons (Fsp3) is 0.304. The van der Waals surface area contributed by atoms with Crippen molar-refractivity contribution in [2.75, 3.05) is 12.1 Å². The highest BCUT2D eigenvalue weighted by Gasteiger charge is 2.34. The van der Waals surface area contributed by atoms with Crippen molar-refractivity contribution in [3.05, 3.63) is 60.2 Å². The van der Waals surface area contributed by atoms with Crippen LogP contribution in [0.5, 0.6) is 17.2 Å². The number of hydrogen-bond acceptors (Lipinski definition) is 7. The molecule has 0 fully saturated rings. The van der Waals surface area contributed by atoms with E-state index in [0.717, 1.165) is 0 Å². The smallest absolute Gasteiger partial charge is 0.412 e. The molecule has 0 saturated carbocycles. The summed E-state index contributed by atoms with van der Waals surface area (Å²) in [5.41, 5.74) is 2.23. The summed E-state index contributed by atoms with van der Waals surface area (Å²) in [7, 11) is 0. The van der Waals surface area contributed by atoms with Gasteiger partial charge in [-0.15, -0.1) is 0 Å². The van der Waals surface area contributed by atoms with Gasteiger partial charge >= 0.3 is 6.09 Å². The van der Waals surface area contributed by atoms with Gasteiger partial charge in [0.2, 0.25) is 6.79 Å². The van der Waals surface area contributed by atoms with Crippen molar-refractivity contribution < 1.29 is 34.1 Å². The molecule has 0 saturated heterocycles. The number of benzene rings is 2. The molecule has 2 aromatic carbocycles. The molecule has 0 bridgehead atoms. The zero-order valence-electron chi connectivity index (χ0n) is 17.8. The number of anilines is 1. The van der Waals surface area contributed by atoms with E-state index in [1.165, 1.54) is 23.7 Å². The molecule has 170 valence electrons. The maximum atomic E-state index is 12.7. The largest absolute Gasteiger partial charge is 0.508 e. The standard InChI is InChI=1S/C23H26N2O7/c1-23(2,12-4-3-5-20(27)25-29)21(15-6-9-17(26)10-7-15)32-22(28)24-16-8-11-18-19(13-16)31-14-30-18/h3,5-11,13,21,26,29H,4,12,14H2,1-2H3,(H,24,28)(H,25,27)/b5-3+/t21-/m0/s1. The third kappa shape index (κ3) is 5.92. The minimum absolute atomic E-state index is 0.105. The van der Waals surface area contributed by atoms with Gasteiger partial charge in [0.25, 0.3) is 5.91 Å². The van der Waals surface area contributed by atoms with E-state index in [1.807, 2.05) is 13.8 Å². The first kappa shape index (κ1) is 23.0. The van der Waals surface area contributed by atoms with Crippen LogP contribution in [0, 0.1) is 5.41 Å². The van der Waals surface area contributed by atoms with Crippen LogP contribution in [0.3, 0.4) is 0 Å². The van der Waals surface area contributed by atoms with E-state index in [0.29, 0.717) is 35.6 Å². The number of carbonyl (C=O) groups excluding carboxylic acids is 2. The monoisotopic (exact) mass is 442 g/mol. The molecule has 1 aliphatic heterocycles. The van der Waals surface area contributed by atoms with Gasteiger partial charge in [-0.2, -0.15) is 0 Å². The predicted molar refractivity (Wildman–Crippen MR) is 116 cm³/mol. The second kappa shape index (κ2) is 10.1. The van der Waals surface area contributed by atoms with Crippen molar-refractivity contribution in [1.29, 1.82) is 0 Å². The van der Waals surface area contributed by atoms with Crippen molar-refractivity contribution in [1.82, 2.24) is 5.48 Å². The van der Waals surface area contributed by atoms with Gasteiger partial charge in [-0.05, 0) is 42.7 Å². The lowest BCUT2D eigenvalue weighted by atomic mass is 9.78. The summed E-state index contributed by atoms with van der Waals surface area (Å²) in [5, 5.41) is 20.9. The van der Waals surface area contributed by atoms with Gasteiger partial charge < -0.3 is 19.3 Å². The Balaban J connectivity index is 1.73. The SMILES string of the molecule is CC(C)(CC/C=C/C(=O)NO)[C@@H](OC(=O)Nc1ccc2c(c1)OCO2)c1ccc(O)cc1. The fourth-order valence-electron chi connectivity index (χ4n) is 3.37. The molecule has 1 atom stereocenters. The van der Waals surface area contributed by atoms with Crippen LogP contribution in [0.15, 0.2) is 54.6 Å². The quantitative estimate of drug-likeness (QED) is 0.273. The molecular weight excluding hydrogens is 416 g/mol. The first-order valence-electron chi connectivity index (χ1n) is 10.1. The number of allylic oxidation sites excluding steroid dienone is 1. The molecule has 0 unspecified atom stereocenters. The Labute approximate surface area is 185 Å². The van der Waals surface area contributed by atoms with Crippen LogP contribution in [0.25, 0.3) is 0 Å². The number of fused-ring (bicyclic) bond motifs is 1. The molecule has 9 nitrogen and oxygen atoms in total. The summed E-state index contributed by atoms with van der Waals surface area (Å²) in [6, 6.07) is 11.5. The third-order valence-electron chi connectivity index (χ3n) is 5.08. The van der Waals surface area contributed by atoms with Crippen molar-refractivity contribution in [2.45, 2.75) is 32.8 Å². The van der Waals surface area contributed by atoms with Crippen molar-refractivity contribution >= 4 is 17.7 Å². The van der Waals surface area contributed by atoms with E-state index in [-0.39, 0.29) is 12.5 Å². The second-order valence-electron chi connectivity index (χ2n) is 7.98. The Bertz CT molecular complexity index is 986. The van der Waals surface area contributed by atoms with E-state index >= 15 is 0 Å². The number of ether oxygens (including phenoxy) is 3. The minimum atomic E-state index is -0.648. The molecule has 4 N–H and O–H groups in total. The van der Waals surface area contributed by atoms with E-state index in [1.54, 1.807) is 36.4 Å². The first-order valence-corrected chi connectivity index (χ1v) is 10.1. The summed E-state index contributed by atoms with van der Waals surface area (Å²) < 4.78 is 16.4. The lowest BCUT2D eigenvalue weighted by Crippen LogP contribution is -2.29. The Kier molecular flexibility index (Phi) is 7.21. The second-order valence-corrected chi connectivity index (χ2v) is 7.98. The van der Waals surface area contributed by atoms with Gasteiger partial charge in [0.05, 0.1) is 0 Å². The zero-order chi connectivity index (χ0) is 23.1. The Hall–Kier alpha value is -3.72. The van der Waals surface area contributed by atoms with Crippen LogP contribution in [0.2, 0.25) is 0 Å². The van der Waals surface area contributed by atoms with Crippen LogP contribution in [0.4, 0.5) is 10.5 Å². The molecule has 1 heterocycles. The molecule has 0 radical (unpaired) electrons. The summed E-state index contributed by atoms with van der Waals surface area (Å²) in [4.78, 5) is 23.9. The fourth-order valence-corrected chi connectivity index (χ4v) is 3.37. The number of hydrogen-bond donors (Lipinski definition) is 4. The highest BCUT2D eigenvalue weighted by atomic mass is 16.7. The molecule has 3 rings (SSSR count). The number of nitrogens with one attached hydrogen (secondary N) is 2. The van der Waals surface area contributed by atoms with E-state index < -0.39 is 23.5 Å². The normalized spacial score (nSPS) is 13.6. The Morgan fingerprint density at radius 2 is 1.88 bits per heavy atom. The van der Waals surface area contributed by atoms with E-state index in [4.69, 9.17) is 19.4 Å². The number of amides is 2. The van der Waals surface area contributed by atoms with Crippen LogP contribution >= 0.6 is 0 Å². The topological polar surface area (TPSA) is 126 Å². The van der Waals surface area contributed by atoms with Crippen LogP contribution < -0.4 is 20.3 Å². The summed E-state index contributed by atoms with van der Waals surface area (Å²) in [5.74, 6) is 0.636. The number of hydroxylamine groups is 1. The molecule has 1 aliphatic rings. The van der Waals surface area contributed by atoms with Crippen LogP contribution in [-0.2, 0) is 9.53 Å². The first-order chi connectivity index (χ1) is 15.3. The predicted octanol–water partition coefficient (Wildman–Crippen LogP) is 4.28. The lowest BCUT2D eigenvalue weighted by Gasteiger charge is -2.34. The van der Waals surface area contributed by atoms with Gasteiger partial charge in [-0.1, -0.05) is 32.1 Å². The highest BCUT2D eigenvalue weighted by molar-refractivity contribution is 5.86. The van der Waals surface area contributed by atoms with Gasteiger partial charge in [0, 0.05) is 23.2 Å². The molecule has 2 amide bonds. The summed E-state index contributed by atoms with van der Waals surface area (Å²) in [6.07, 6.45) is 2.67. The van der Waals surface area contributed by atoms with Gasteiger partial charge in [-0.3, -0.25) is 15.3 Å². The Morgan fingerprint density at radius 3 is 2.59 bits per heavy atom. The molecule has 0 spiro atoms. The van der Waals surface area contributed by atoms with E-state index in [9.17, 15) is 14.7 Å². The van der Waals surface area contributed by atoms with Crippen molar-refractivity contribution in [3.8, 4) is 17.2 Å². The molecular formula is C23H26N2O7. The lowest BCUT2D eigenvalue weighted by molar-refractivity contribution is -0.124. The summed E-state index contributed by atoms with van der Waals surface area (Å²) in [6.45, 7) is 4.02. The van der Waals surface area contributed by atoms with Gasteiger partial charge in [0.15, 0.2) is 11.5 Å². The maximum Gasteiger partial charge on any atom is 0.412 e. The summed E-state index contributed by atoms with van der Waals surface area (Å²) >= 11 is 0. The van der Waals surface area contributed by atoms with Crippen LogP contribution in [0.1, 0.15) is 38.4 Å². The number of carbonyl (C=O) groups is 2. The molecule has 2 aromatic rings. The third-order valence-corrected chi connectivity index (χ3v) is 5.08. The average Bonchev–Trinajstić information content (AvgIpc) is 3.23. The van der Waals surface area contributed by atoms with Crippen LogP contribution in [-0.4, -0.2) is 29.1 Å². The molecule has 0 aliphatic carbocycles. The molecule has 9 heteroatoms. The maximum absolute atomic E-state index is 12.7. The Morgan fingerprint density at radius 1 is 1.16 bits per heavy atom. The number of phenols is 1. The van der Waals surface area contributed by atoms with Gasteiger partial charge in [0.1, 0.15) is 11.9 Å². The average molecular weight is 442 g/mol. The minimum Gasteiger partial charge on any atom is -0.508 e. The van der Waals surface area contributed by atoms with Gasteiger partial charge in [-0.25, -0.2) is 10.3 Å². The van der Waals surface area contributed by atoms with Crippen molar-refractivity contribution in [2.24, 2.45) is 5.41 Å². The van der Waals surface area contributed by atoms with Crippen molar-refractivity contribution in [3.63, 3.8) is 0 Å². The number of aromatic hydroxyl groups is 1. The number of phenolic OH excluding ortho intramolecular Hbond substituents is 1. The zero-order valence-corrected chi connectivity index (χ0v) is 17.8. The molecule has 0 aromatic heterocycles. The number of rotatable bonds is 8. The molecule has 32 heavy (non-hydrogen) atoms. The highest BCUT2D eigenvalue weighted by Crippen LogP contribution is 2.41. The van der Waals surface area contributed by atoms with E-state index in [2.05, 4.69) is 5.32 Å².